The number of carbonyl (C=O) groups excluding carboxylic acids is 3. The molecular weight excluding hydrogens is 598 g/mol. The van der Waals surface area contributed by atoms with Gasteiger partial charge in [0.1, 0.15) is 17.7 Å². The van der Waals surface area contributed by atoms with Crippen LogP contribution in [0.4, 0.5) is 10.5 Å². The van der Waals surface area contributed by atoms with Gasteiger partial charge >= 0.3 is 6.09 Å². The molecule has 2 unspecified atom stereocenters. The number of amides is 3. The number of aryl methyl sites for hydroxylation is 3. The molecule has 2 N–H and O–H groups in total. The average molecular weight is 648 g/mol. The lowest BCUT2D eigenvalue weighted by Crippen LogP contribution is -2.53. The van der Waals surface area contributed by atoms with Crippen molar-refractivity contribution < 1.29 is 19.1 Å². The van der Waals surface area contributed by atoms with Gasteiger partial charge in [0.2, 0.25) is 5.91 Å². The Balaban J connectivity index is 2.11. The number of benzene rings is 3. The number of hydrogen-bond donors (Lipinski definition) is 2. The Morgan fingerprint density at radius 3 is 2.17 bits per heavy atom. The molecule has 0 saturated heterocycles. The van der Waals surface area contributed by atoms with E-state index in [0.29, 0.717) is 29.2 Å². The van der Waals surface area contributed by atoms with Crippen LogP contribution in [-0.2, 0) is 20.7 Å². The monoisotopic (exact) mass is 647 g/mol. The number of halogens is 1. The number of anilines is 1. The minimum atomic E-state index is -0.979. The third kappa shape index (κ3) is 10.9. The molecule has 0 aromatic heterocycles. The van der Waals surface area contributed by atoms with E-state index in [1.807, 2.05) is 81.4 Å². The van der Waals surface area contributed by atoms with Crippen LogP contribution in [0.1, 0.15) is 93.7 Å². The van der Waals surface area contributed by atoms with Crippen molar-refractivity contribution in [2.75, 3.05) is 11.9 Å². The maximum Gasteiger partial charge on any atom is 0.408 e. The molecule has 3 amide bonds. The predicted molar refractivity (Wildman–Crippen MR) is 187 cm³/mol. The lowest BCUT2D eigenvalue weighted by Gasteiger charge is -2.35. The second-order valence-electron chi connectivity index (χ2n) is 13.0. The second kappa shape index (κ2) is 17.2. The number of ether oxygens (including phenoxy) is 1. The molecule has 8 heteroatoms. The molecule has 0 aliphatic heterocycles. The van der Waals surface area contributed by atoms with Crippen LogP contribution in [0.5, 0.6) is 0 Å². The number of para-hydroxylation sites is 1. The molecule has 0 bridgehead atoms. The fourth-order valence-corrected chi connectivity index (χ4v) is 5.61. The smallest absolute Gasteiger partial charge is 0.408 e. The number of hydrogen-bond acceptors (Lipinski definition) is 4. The van der Waals surface area contributed by atoms with Crippen molar-refractivity contribution in [1.82, 2.24) is 10.2 Å². The summed E-state index contributed by atoms with van der Waals surface area (Å²) in [5.41, 5.74) is 4.21. The van der Waals surface area contributed by atoms with Crippen molar-refractivity contribution >= 4 is 35.2 Å². The van der Waals surface area contributed by atoms with Gasteiger partial charge in [0.15, 0.2) is 0 Å². The van der Waals surface area contributed by atoms with Crippen LogP contribution < -0.4 is 10.6 Å². The molecule has 0 fully saturated rings. The Hall–Kier alpha value is -3.84. The summed E-state index contributed by atoms with van der Waals surface area (Å²) in [5, 5.41) is 6.30. The van der Waals surface area contributed by atoms with E-state index in [4.69, 9.17) is 16.3 Å². The van der Waals surface area contributed by atoms with E-state index in [2.05, 4.69) is 17.6 Å². The third-order valence-corrected chi connectivity index (χ3v) is 8.25. The summed E-state index contributed by atoms with van der Waals surface area (Å²) in [7, 11) is 0. The minimum Gasteiger partial charge on any atom is -0.444 e. The normalized spacial score (nSPS) is 12.6. The van der Waals surface area contributed by atoms with E-state index in [1.54, 1.807) is 31.7 Å². The first-order valence-corrected chi connectivity index (χ1v) is 16.7. The highest BCUT2D eigenvalue weighted by molar-refractivity contribution is 6.34. The van der Waals surface area contributed by atoms with Crippen LogP contribution in [0.15, 0.2) is 66.7 Å². The van der Waals surface area contributed by atoms with Gasteiger partial charge in [-0.1, -0.05) is 105 Å². The fraction of sp³-hybridized carbons (Fsp3) is 0.447. The van der Waals surface area contributed by atoms with Gasteiger partial charge in [-0.15, -0.1) is 0 Å². The molecule has 3 rings (SSSR count). The number of nitrogens with zero attached hydrogens (tertiary/aromatic N) is 1. The molecule has 3 aromatic rings. The first kappa shape index (κ1) is 36.6. The van der Waals surface area contributed by atoms with Crippen LogP contribution in [-0.4, -0.2) is 41.0 Å². The zero-order valence-corrected chi connectivity index (χ0v) is 29.2. The van der Waals surface area contributed by atoms with Crippen LogP contribution in [0.3, 0.4) is 0 Å². The van der Waals surface area contributed by atoms with Crippen molar-refractivity contribution in [1.29, 1.82) is 0 Å². The molecule has 0 aliphatic carbocycles. The molecule has 0 radical (unpaired) electrons. The fourth-order valence-electron chi connectivity index (χ4n) is 5.34. The first-order chi connectivity index (χ1) is 21.8. The molecule has 7 nitrogen and oxygen atoms in total. The Kier molecular flexibility index (Phi) is 13.7. The lowest BCUT2D eigenvalue weighted by molar-refractivity contribution is -0.140. The van der Waals surface area contributed by atoms with Crippen molar-refractivity contribution in [3.63, 3.8) is 0 Å². The van der Waals surface area contributed by atoms with E-state index in [1.165, 1.54) is 0 Å². The molecule has 0 aliphatic rings. The summed E-state index contributed by atoms with van der Waals surface area (Å²) >= 11 is 6.54. The predicted octanol–water partition coefficient (Wildman–Crippen LogP) is 8.88. The molecular formula is C38H50ClN3O4. The van der Waals surface area contributed by atoms with Crippen LogP contribution in [0.2, 0.25) is 5.02 Å². The van der Waals surface area contributed by atoms with Crippen molar-refractivity contribution in [3.05, 3.63) is 99.6 Å². The highest BCUT2D eigenvalue weighted by Gasteiger charge is 2.36. The third-order valence-electron chi connectivity index (χ3n) is 7.93. The Labute approximate surface area is 280 Å². The molecule has 3 aromatic carbocycles. The molecule has 0 heterocycles. The Bertz CT molecular complexity index is 1450. The SMILES string of the molecule is CCCCCCCN(C(=O)C(Cc1ccccc1)NC(=O)OC(C)(C)C)C(C(=O)Nc1c(C)cccc1Cl)c1ccc(C)c(C)c1. The first-order valence-electron chi connectivity index (χ1n) is 16.3. The zero-order chi connectivity index (χ0) is 33.9. The van der Waals surface area contributed by atoms with Crippen molar-refractivity contribution in [2.24, 2.45) is 0 Å². The average Bonchev–Trinajstić information content (AvgIpc) is 2.99. The lowest BCUT2D eigenvalue weighted by atomic mass is 9.96. The van der Waals surface area contributed by atoms with Gasteiger partial charge in [-0.05, 0) is 81.8 Å². The van der Waals surface area contributed by atoms with Gasteiger partial charge in [-0.25, -0.2) is 4.79 Å². The minimum absolute atomic E-state index is 0.232. The van der Waals surface area contributed by atoms with Gasteiger partial charge in [-0.3, -0.25) is 9.59 Å². The van der Waals surface area contributed by atoms with Crippen LogP contribution in [0.25, 0.3) is 0 Å². The highest BCUT2D eigenvalue weighted by atomic mass is 35.5. The van der Waals surface area contributed by atoms with Gasteiger partial charge < -0.3 is 20.3 Å². The van der Waals surface area contributed by atoms with E-state index >= 15 is 0 Å². The van der Waals surface area contributed by atoms with Crippen LogP contribution >= 0.6 is 11.6 Å². The van der Waals surface area contributed by atoms with E-state index in [0.717, 1.165) is 47.9 Å². The molecule has 0 spiro atoms. The number of unbranched alkanes of at least 4 members (excludes halogenated alkanes) is 4. The van der Waals surface area contributed by atoms with Crippen molar-refractivity contribution in [3.8, 4) is 0 Å². The van der Waals surface area contributed by atoms with Gasteiger partial charge in [0.05, 0.1) is 10.7 Å². The quantitative estimate of drug-likeness (QED) is 0.171. The summed E-state index contributed by atoms with van der Waals surface area (Å²) in [5.74, 6) is -0.739. The topological polar surface area (TPSA) is 87.7 Å². The van der Waals surface area contributed by atoms with E-state index in [-0.39, 0.29) is 18.2 Å². The summed E-state index contributed by atoms with van der Waals surface area (Å²) < 4.78 is 5.57. The summed E-state index contributed by atoms with van der Waals surface area (Å²) in [6, 6.07) is 18.8. The standard InChI is InChI=1S/C38H50ClN3O4/c1-8-9-10-11-15-23-42(36(44)32(25-29-18-13-12-14-19-29)40-37(45)46-38(5,6)7)34(30-22-21-26(2)28(4)24-30)35(43)41-33-27(3)17-16-20-31(33)39/h12-14,16-22,24,32,34H,8-11,15,23,25H2,1-7H3,(H,40,45)(H,41,43). The number of alkyl carbamates (subject to hydrolysis) is 1. The summed E-state index contributed by atoms with van der Waals surface area (Å²) in [6.45, 7) is 13.7. The van der Waals surface area contributed by atoms with Gasteiger partial charge in [0.25, 0.3) is 5.91 Å². The maximum absolute atomic E-state index is 14.8. The largest absolute Gasteiger partial charge is 0.444 e. The molecule has 248 valence electrons. The van der Waals surface area contributed by atoms with Crippen LogP contribution in [0, 0.1) is 20.8 Å². The summed E-state index contributed by atoms with van der Waals surface area (Å²) in [4.78, 5) is 43.9. The Morgan fingerprint density at radius 1 is 0.848 bits per heavy atom. The molecule has 0 saturated carbocycles. The highest BCUT2D eigenvalue weighted by Crippen LogP contribution is 2.31. The Morgan fingerprint density at radius 2 is 1.54 bits per heavy atom. The zero-order valence-electron chi connectivity index (χ0n) is 28.4. The second-order valence-corrected chi connectivity index (χ2v) is 13.4. The number of nitrogens with one attached hydrogen (secondary N) is 2. The van der Waals surface area contributed by atoms with E-state index < -0.39 is 23.8 Å². The summed E-state index contributed by atoms with van der Waals surface area (Å²) in [6.07, 6.45) is 4.37. The van der Waals surface area contributed by atoms with Crippen molar-refractivity contribution in [2.45, 2.75) is 105 Å². The number of rotatable bonds is 14. The van der Waals surface area contributed by atoms with E-state index in [9.17, 15) is 14.4 Å². The maximum atomic E-state index is 14.8. The number of carbonyl (C=O) groups is 3. The molecule has 2 atom stereocenters. The molecule has 46 heavy (non-hydrogen) atoms. The van der Waals surface area contributed by atoms with Gasteiger partial charge in [0, 0.05) is 13.0 Å². The van der Waals surface area contributed by atoms with Gasteiger partial charge in [-0.2, -0.15) is 0 Å².